The number of aromatic carboxylic acids is 1. The average Bonchev–Trinajstić information content (AvgIpc) is 2.57. The van der Waals surface area contributed by atoms with Gasteiger partial charge in [0.25, 0.3) is 0 Å². The van der Waals surface area contributed by atoms with Gasteiger partial charge in [-0.15, -0.1) is 0 Å². The summed E-state index contributed by atoms with van der Waals surface area (Å²) in [5.41, 5.74) is 1.01. The van der Waals surface area contributed by atoms with Crippen LogP contribution >= 0.6 is 0 Å². The second-order valence-electron chi connectivity index (χ2n) is 5.97. The van der Waals surface area contributed by atoms with Crippen LogP contribution in [0.1, 0.15) is 28.8 Å². The van der Waals surface area contributed by atoms with Crippen LogP contribution in [0.5, 0.6) is 0 Å². The SMILES string of the molecule is O=C(O)c1ccc(CCCC2(O)O[C@H](CO)[C@H](O)[C@H](O)[C@H]2O)cc1. The molecule has 8 nitrogen and oxygen atoms in total. The number of hydrogen-bond donors (Lipinski definition) is 6. The van der Waals surface area contributed by atoms with Crippen molar-refractivity contribution in [2.24, 2.45) is 0 Å². The fraction of sp³-hybridized carbons (Fsp3) is 0.562. The highest BCUT2D eigenvalue weighted by Crippen LogP contribution is 2.32. The van der Waals surface area contributed by atoms with E-state index in [9.17, 15) is 25.2 Å². The second kappa shape index (κ2) is 7.56. The largest absolute Gasteiger partial charge is 0.478 e. The summed E-state index contributed by atoms with van der Waals surface area (Å²) in [6.45, 7) is -0.607. The molecule has 1 heterocycles. The fourth-order valence-corrected chi connectivity index (χ4v) is 2.79. The number of aliphatic hydroxyl groups excluding tert-OH is 4. The Hall–Kier alpha value is -1.55. The Labute approximate surface area is 138 Å². The van der Waals surface area contributed by atoms with E-state index in [1.54, 1.807) is 12.1 Å². The van der Waals surface area contributed by atoms with Crippen LogP contribution in [-0.2, 0) is 11.2 Å². The summed E-state index contributed by atoms with van der Waals surface area (Å²) in [5, 5.41) is 57.7. The van der Waals surface area contributed by atoms with E-state index in [4.69, 9.17) is 14.9 Å². The zero-order valence-corrected chi connectivity index (χ0v) is 12.9. The van der Waals surface area contributed by atoms with E-state index in [2.05, 4.69) is 0 Å². The molecule has 1 saturated heterocycles. The lowest BCUT2D eigenvalue weighted by molar-refractivity contribution is -0.351. The topological polar surface area (TPSA) is 148 Å². The molecule has 0 aliphatic carbocycles. The number of aliphatic hydroxyl groups is 5. The standard InChI is InChI=1S/C16H22O8/c17-8-11-12(18)13(19)14(20)16(23,24-11)7-1-2-9-3-5-10(6-4-9)15(21)22/h3-6,11-14,17-20,23H,1-2,7-8H2,(H,21,22)/t11-,12+,13+,14-,16?/m1/s1. The van der Waals surface area contributed by atoms with E-state index in [0.29, 0.717) is 12.8 Å². The fourth-order valence-electron chi connectivity index (χ4n) is 2.79. The van der Waals surface area contributed by atoms with Gasteiger partial charge in [0.05, 0.1) is 12.2 Å². The molecule has 1 aromatic rings. The van der Waals surface area contributed by atoms with Crippen molar-refractivity contribution in [3.63, 3.8) is 0 Å². The molecule has 1 fully saturated rings. The molecule has 134 valence electrons. The molecule has 1 aromatic carbocycles. The molecule has 0 spiro atoms. The molecular weight excluding hydrogens is 320 g/mol. The maximum Gasteiger partial charge on any atom is 0.335 e. The van der Waals surface area contributed by atoms with Gasteiger partial charge in [0.2, 0.25) is 0 Å². The Morgan fingerprint density at radius 3 is 2.29 bits per heavy atom. The minimum atomic E-state index is -2.08. The predicted octanol–water partition coefficient (Wildman–Crippen LogP) is -1.13. The van der Waals surface area contributed by atoms with Crippen molar-refractivity contribution in [1.29, 1.82) is 0 Å². The van der Waals surface area contributed by atoms with Gasteiger partial charge in [0.1, 0.15) is 24.4 Å². The third kappa shape index (κ3) is 3.92. The molecule has 2 rings (SSSR count). The van der Waals surface area contributed by atoms with Gasteiger partial charge < -0.3 is 35.4 Å². The number of rotatable bonds is 6. The number of aryl methyl sites for hydroxylation is 1. The van der Waals surface area contributed by atoms with Crippen LogP contribution in [0.3, 0.4) is 0 Å². The lowest BCUT2D eigenvalue weighted by Gasteiger charge is -2.45. The quantitative estimate of drug-likeness (QED) is 0.380. The molecule has 0 bridgehead atoms. The summed E-state index contributed by atoms with van der Waals surface area (Å²) < 4.78 is 5.17. The van der Waals surface area contributed by atoms with Crippen LogP contribution in [0.2, 0.25) is 0 Å². The zero-order chi connectivity index (χ0) is 17.9. The van der Waals surface area contributed by atoms with Crippen LogP contribution in [-0.4, -0.2) is 73.4 Å². The highest BCUT2D eigenvalue weighted by atomic mass is 16.7. The summed E-state index contributed by atoms with van der Waals surface area (Å²) >= 11 is 0. The first-order valence-corrected chi connectivity index (χ1v) is 7.66. The molecule has 6 N–H and O–H groups in total. The number of benzene rings is 1. The number of hydrogen-bond acceptors (Lipinski definition) is 7. The maximum atomic E-state index is 10.8. The molecule has 0 aromatic heterocycles. The highest BCUT2D eigenvalue weighted by Gasteiger charge is 2.51. The Bertz CT molecular complexity index is 558. The molecule has 0 amide bonds. The van der Waals surface area contributed by atoms with Crippen molar-refractivity contribution in [2.75, 3.05) is 6.61 Å². The van der Waals surface area contributed by atoms with Gasteiger partial charge in [-0.05, 0) is 30.5 Å². The highest BCUT2D eigenvalue weighted by molar-refractivity contribution is 5.87. The second-order valence-corrected chi connectivity index (χ2v) is 5.97. The summed E-state index contributed by atoms with van der Waals surface area (Å²) in [7, 11) is 0. The summed E-state index contributed by atoms with van der Waals surface area (Å²) in [6, 6.07) is 6.25. The van der Waals surface area contributed by atoms with Crippen molar-refractivity contribution in [2.45, 2.75) is 49.5 Å². The first-order chi connectivity index (χ1) is 11.3. The normalized spacial score (nSPS) is 33.4. The monoisotopic (exact) mass is 342 g/mol. The van der Waals surface area contributed by atoms with Gasteiger partial charge in [-0.2, -0.15) is 0 Å². The summed E-state index contributed by atoms with van der Waals surface area (Å²) in [4.78, 5) is 10.8. The lowest BCUT2D eigenvalue weighted by Crippen LogP contribution is -2.65. The molecule has 1 aliphatic heterocycles. The van der Waals surface area contributed by atoms with Gasteiger partial charge in [0.15, 0.2) is 5.79 Å². The van der Waals surface area contributed by atoms with Crippen LogP contribution in [0.25, 0.3) is 0 Å². The van der Waals surface area contributed by atoms with Crippen molar-refractivity contribution >= 4 is 5.97 Å². The minimum absolute atomic E-state index is 0.0326. The minimum Gasteiger partial charge on any atom is -0.478 e. The van der Waals surface area contributed by atoms with E-state index in [-0.39, 0.29) is 12.0 Å². The Balaban J connectivity index is 1.95. The number of carboxylic acid groups (broad SMARTS) is 1. The Morgan fingerprint density at radius 2 is 1.75 bits per heavy atom. The van der Waals surface area contributed by atoms with Gasteiger partial charge >= 0.3 is 5.97 Å². The number of carbonyl (C=O) groups is 1. The van der Waals surface area contributed by atoms with Crippen LogP contribution in [0, 0.1) is 0 Å². The van der Waals surface area contributed by atoms with E-state index in [0.717, 1.165) is 5.56 Å². The summed E-state index contributed by atoms with van der Waals surface area (Å²) in [6.07, 6.45) is -5.19. The average molecular weight is 342 g/mol. The molecule has 8 heteroatoms. The van der Waals surface area contributed by atoms with Crippen LogP contribution < -0.4 is 0 Å². The molecular formula is C16H22O8. The molecule has 1 aliphatic rings. The Morgan fingerprint density at radius 1 is 1.12 bits per heavy atom. The number of ether oxygens (including phenoxy) is 1. The first kappa shape index (κ1) is 18.8. The van der Waals surface area contributed by atoms with Crippen molar-refractivity contribution < 1.29 is 40.2 Å². The lowest BCUT2D eigenvalue weighted by atomic mass is 9.89. The van der Waals surface area contributed by atoms with Gasteiger partial charge in [-0.1, -0.05) is 12.1 Å². The van der Waals surface area contributed by atoms with Gasteiger partial charge in [-0.25, -0.2) is 4.79 Å². The van der Waals surface area contributed by atoms with Crippen molar-refractivity contribution in [3.05, 3.63) is 35.4 Å². The van der Waals surface area contributed by atoms with Crippen molar-refractivity contribution in [1.82, 2.24) is 0 Å². The molecule has 1 unspecified atom stereocenters. The third-order valence-electron chi connectivity index (χ3n) is 4.25. The van der Waals surface area contributed by atoms with E-state index in [1.165, 1.54) is 12.1 Å². The zero-order valence-electron chi connectivity index (χ0n) is 12.9. The maximum absolute atomic E-state index is 10.8. The third-order valence-corrected chi connectivity index (χ3v) is 4.25. The van der Waals surface area contributed by atoms with E-state index >= 15 is 0 Å². The molecule has 0 saturated carbocycles. The van der Waals surface area contributed by atoms with E-state index < -0.39 is 42.8 Å². The smallest absolute Gasteiger partial charge is 0.335 e. The molecule has 24 heavy (non-hydrogen) atoms. The van der Waals surface area contributed by atoms with Crippen molar-refractivity contribution in [3.8, 4) is 0 Å². The van der Waals surface area contributed by atoms with Crippen LogP contribution in [0.15, 0.2) is 24.3 Å². The first-order valence-electron chi connectivity index (χ1n) is 7.66. The van der Waals surface area contributed by atoms with Gasteiger partial charge in [-0.3, -0.25) is 0 Å². The predicted molar refractivity (Wildman–Crippen MR) is 81.3 cm³/mol. The van der Waals surface area contributed by atoms with Gasteiger partial charge in [0, 0.05) is 6.42 Å². The van der Waals surface area contributed by atoms with Crippen LogP contribution in [0.4, 0.5) is 0 Å². The summed E-state index contributed by atoms with van der Waals surface area (Å²) in [5.74, 6) is -3.09. The van der Waals surface area contributed by atoms with E-state index in [1.807, 2.05) is 0 Å². The Kier molecular flexibility index (Phi) is 5.92. The molecule has 0 radical (unpaired) electrons. The molecule has 5 atom stereocenters. The number of carboxylic acids is 1.